The molecule has 0 amide bonds. The lowest BCUT2D eigenvalue weighted by Crippen LogP contribution is -2.40. The summed E-state index contributed by atoms with van der Waals surface area (Å²) in [4.78, 5) is 37.3. The Morgan fingerprint density at radius 2 is 0.877 bits per heavy atom. The van der Waals surface area contributed by atoms with E-state index in [4.69, 9.17) is 18.9 Å². The lowest BCUT2D eigenvalue weighted by atomic mass is 10.0. The summed E-state index contributed by atoms with van der Waals surface area (Å²) in [5.41, 5.74) is 0. The number of aliphatic carboxylic acids is 1. The van der Waals surface area contributed by atoms with Crippen LogP contribution in [0, 0.1) is 0 Å². The Morgan fingerprint density at radius 3 is 1.31 bits per heavy atom. The molecule has 0 bridgehead atoms. The average Bonchev–Trinajstić information content (AvgIpc) is 3.27. The number of unbranched alkanes of at least 4 members (excludes halogenated alkanes) is 20. The van der Waals surface area contributed by atoms with E-state index in [9.17, 15) is 19.5 Å². The predicted octanol–water partition coefficient (Wildman–Crippen LogP) is 14.7. The number of esters is 2. The highest BCUT2D eigenvalue weighted by molar-refractivity contribution is 5.71. The first kappa shape index (κ1) is 61.7. The highest BCUT2D eigenvalue weighted by atomic mass is 16.7. The molecule has 0 saturated carbocycles. The summed E-state index contributed by atoms with van der Waals surface area (Å²) in [7, 11) is 5.95. The van der Waals surface area contributed by atoms with Crippen molar-refractivity contribution in [3.63, 3.8) is 0 Å². The number of allylic oxidation sites excluding steroid dienone is 12. The number of likely N-dealkylation sites (N-methyl/N-ethyl adjacent to an activating group) is 1. The number of nitrogens with zero attached hydrogens (tertiary/aromatic N) is 1. The summed E-state index contributed by atoms with van der Waals surface area (Å²) < 4.78 is 22.8. The van der Waals surface area contributed by atoms with E-state index in [1.807, 2.05) is 21.1 Å². The minimum Gasteiger partial charge on any atom is -0.477 e. The molecule has 0 heterocycles. The van der Waals surface area contributed by atoms with Gasteiger partial charge in [0.15, 0.2) is 6.10 Å². The van der Waals surface area contributed by atoms with E-state index in [0.717, 1.165) is 96.3 Å². The molecular formula is C56H98NO8+. The van der Waals surface area contributed by atoms with Crippen LogP contribution in [0.5, 0.6) is 0 Å². The van der Waals surface area contributed by atoms with Crippen LogP contribution in [0.1, 0.15) is 206 Å². The fraction of sp³-hybridized carbons (Fsp3) is 0.732. The number of ether oxygens (including phenoxy) is 4. The van der Waals surface area contributed by atoms with Crippen molar-refractivity contribution in [1.29, 1.82) is 0 Å². The first-order valence-electron chi connectivity index (χ1n) is 26.1. The maximum atomic E-state index is 12.8. The number of rotatable bonds is 47. The number of carbonyl (C=O) groups excluding carboxylic acids is 2. The molecule has 374 valence electrons. The Hall–Kier alpha value is -3.27. The van der Waals surface area contributed by atoms with Gasteiger partial charge in [-0.25, -0.2) is 4.79 Å². The van der Waals surface area contributed by atoms with Crippen LogP contribution in [-0.2, 0) is 33.3 Å². The van der Waals surface area contributed by atoms with E-state index in [1.54, 1.807) is 0 Å². The molecule has 0 spiro atoms. The first-order chi connectivity index (χ1) is 31.6. The van der Waals surface area contributed by atoms with Crippen LogP contribution < -0.4 is 0 Å². The van der Waals surface area contributed by atoms with Gasteiger partial charge in [0.25, 0.3) is 6.29 Å². The summed E-state index contributed by atoms with van der Waals surface area (Å²) in [5, 5.41) is 9.67. The highest BCUT2D eigenvalue weighted by Gasteiger charge is 2.25. The molecule has 0 aromatic carbocycles. The third kappa shape index (κ3) is 48.5. The Bertz CT molecular complexity index is 1290. The molecule has 9 heteroatoms. The summed E-state index contributed by atoms with van der Waals surface area (Å²) in [6.07, 6.45) is 56.7. The third-order valence-electron chi connectivity index (χ3n) is 11.0. The van der Waals surface area contributed by atoms with Gasteiger partial charge in [-0.15, -0.1) is 0 Å². The van der Waals surface area contributed by atoms with Crippen molar-refractivity contribution >= 4 is 17.9 Å². The maximum absolute atomic E-state index is 12.8. The zero-order valence-corrected chi connectivity index (χ0v) is 42.4. The van der Waals surface area contributed by atoms with E-state index in [-0.39, 0.29) is 32.2 Å². The molecule has 0 fully saturated rings. The molecule has 0 aliphatic rings. The van der Waals surface area contributed by atoms with E-state index in [2.05, 4.69) is 86.8 Å². The van der Waals surface area contributed by atoms with E-state index >= 15 is 0 Å². The Balaban J connectivity index is 4.36. The minimum atomic E-state index is -1.52. The Kier molecular flexibility index (Phi) is 44.9. The topological polar surface area (TPSA) is 108 Å². The van der Waals surface area contributed by atoms with E-state index < -0.39 is 24.3 Å². The molecular weight excluding hydrogens is 815 g/mol. The number of hydrogen-bond acceptors (Lipinski definition) is 7. The van der Waals surface area contributed by atoms with Gasteiger partial charge in [0.1, 0.15) is 13.2 Å². The van der Waals surface area contributed by atoms with Crippen LogP contribution >= 0.6 is 0 Å². The summed E-state index contributed by atoms with van der Waals surface area (Å²) in [6, 6.07) is 0. The molecule has 9 nitrogen and oxygen atoms in total. The van der Waals surface area contributed by atoms with Crippen molar-refractivity contribution in [3.8, 4) is 0 Å². The Morgan fingerprint density at radius 1 is 0.477 bits per heavy atom. The zero-order valence-electron chi connectivity index (χ0n) is 42.4. The lowest BCUT2D eigenvalue weighted by molar-refractivity contribution is -0.870. The van der Waals surface area contributed by atoms with Crippen molar-refractivity contribution in [2.45, 2.75) is 219 Å². The number of hydrogen-bond donors (Lipinski definition) is 1. The zero-order chi connectivity index (χ0) is 47.7. The number of carboxylic acids is 1. The quantitative estimate of drug-likeness (QED) is 0.0211. The van der Waals surface area contributed by atoms with Crippen molar-refractivity contribution in [1.82, 2.24) is 0 Å². The normalized spacial score (nSPS) is 13.4. The van der Waals surface area contributed by atoms with Crippen LogP contribution in [-0.4, -0.2) is 87.4 Å². The van der Waals surface area contributed by atoms with Crippen molar-refractivity contribution in [2.75, 3.05) is 47.5 Å². The van der Waals surface area contributed by atoms with Crippen molar-refractivity contribution in [3.05, 3.63) is 72.9 Å². The lowest BCUT2D eigenvalue weighted by Gasteiger charge is -2.25. The van der Waals surface area contributed by atoms with Gasteiger partial charge in [-0.1, -0.05) is 202 Å². The summed E-state index contributed by atoms with van der Waals surface area (Å²) in [5.74, 6) is -2.03. The standard InChI is InChI=1S/C56H97NO8/c1-6-8-10-12-14-16-18-20-22-23-24-25-26-27-28-29-30-31-33-35-37-39-41-43-45-47-54(59)65-52(51-64-56(55(60)61)62-49-48-57(3,4)5)50-63-53(58)46-44-42-40-38-36-34-32-21-19-17-15-13-11-9-7-2/h8,10,14,16,20,22,24-25,27-28,30-31,52,56H,6-7,9,11-13,15,17-19,21,23,26,29,32-51H2,1-5H3/p+1/b10-8-,16-14-,22-20-,25-24-,28-27-,31-30-. The Labute approximate surface area is 398 Å². The van der Waals surface area contributed by atoms with Gasteiger partial charge in [0, 0.05) is 12.8 Å². The molecule has 0 aromatic heterocycles. The minimum absolute atomic E-state index is 0.182. The molecule has 0 aliphatic heterocycles. The van der Waals surface area contributed by atoms with E-state index in [0.29, 0.717) is 23.9 Å². The molecule has 0 aromatic rings. The van der Waals surface area contributed by atoms with E-state index in [1.165, 1.54) is 77.0 Å². The summed E-state index contributed by atoms with van der Waals surface area (Å²) in [6.45, 7) is 4.74. The SMILES string of the molecule is CC/C=C\C/C=C\C/C=C\C/C=C\C/C=C\C/C=C\CCCCCCCCC(=O)OC(COC(=O)CCCCCCCCCCCCCCCCC)COC(OCC[N+](C)(C)C)C(=O)O. The molecule has 0 radical (unpaired) electrons. The molecule has 65 heavy (non-hydrogen) atoms. The largest absolute Gasteiger partial charge is 0.477 e. The van der Waals surface area contributed by atoms with Gasteiger partial charge in [-0.3, -0.25) is 9.59 Å². The number of carboxylic acid groups (broad SMARTS) is 1. The molecule has 2 atom stereocenters. The smallest absolute Gasteiger partial charge is 0.361 e. The molecule has 0 rings (SSSR count). The first-order valence-corrected chi connectivity index (χ1v) is 26.1. The number of quaternary nitrogens is 1. The molecule has 2 unspecified atom stereocenters. The van der Waals surface area contributed by atoms with Crippen molar-refractivity contribution < 1.29 is 42.9 Å². The van der Waals surface area contributed by atoms with Gasteiger partial charge >= 0.3 is 17.9 Å². The average molecular weight is 913 g/mol. The summed E-state index contributed by atoms with van der Waals surface area (Å²) >= 11 is 0. The highest BCUT2D eigenvalue weighted by Crippen LogP contribution is 2.15. The fourth-order valence-electron chi connectivity index (χ4n) is 6.96. The fourth-order valence-corrected chi connectivity index (χ4v) is 6.96. The van der Waals surface area contributed by atoms with Crippen LogP contribution in [0.25, 0.3) is 0 Å². The van der Waals surface area contributed by atoms with Gasteiger partial charge in [0.05, 0.1) is 34.4 Å². The van der Waals surface area contributed by atoms with Crippen LogP contribution in [0.3, 0.4) is 0 Å². The second-order valence-corrected chi connectivity index (χ2v) is 18.5. The van der Waals surface area contributed by atoms with Gasteiger partial charge in [-0.2, -0.15) is 0 Å². The monoisotopic (exact) mass is 913 g/mol. The molecule has 0 aliphatic carbocycles. The second-order valence-electron chi connectivity index (χ2n) is 18.5. The van der Waals surface area contributed by atoms with Crippen LogP contribution in [0.2, 0.25) is 0 Å². The molecule has 1 N–H and O–H groups in total. The van der Waals surface area contributed by atoms with Crippen LogP contribution in [0.4, 0.5) is 0 Å². The maximum Gasteiger partial charge on any atom is 0.361 e. The second kappa shape index (κ2) is 47.2. The number of carbonyl (C=O) groups is 3. The molecule has 0 saturated heterocycles. The van der Waals surface area contributed by atoms with Gasteiger partial charge in [-0.05, 0) is 64.2 Å². The van der Waals surface area contributed by atoms with Crippen LogP contribution in [0.15, 0.2) is 72.9 Å². The van der Waals surface area contributed by atoms with Gasteiger partial charge in [0.2, 0.25) is 0 Å². The predicted molar refractivity (Wildman–Crippen MR) is 272 cm³/mol. The third-order valence-corrected chi connectivity index (χ3v) is 11.0. The van der Waals surface area contributed by atoms with Gasteiger partial charge < -0.3 is 28.5 Å². The van der Waals surface area contributed by atoms with Crippen molar-refractivity contribution in [2.24, 2.45) is 0 Å².